The largest absolute Gasteiger partial charge is 0.364 e. The Bertz CT molecular complexity index is 844. The van der Waals surface area contributed by atoms with Crippen molar-refractivity contribution in [3.63, 3.8) is 0 Å². The van der Waals surface area contributed by atoms with Gasteiger partial charge in [-0.3, -0.25) is 4.79 Å². The molecule has 1 aromatic heterocycles. The maximum Gasteiger partial charge on any atom is 0.243 e. The highest BCUT2D eigenvalue weighted by molar-refractivity contribution is 7.89. The van der Waals surface area contributed by atoms with Crippen LogP contribution in [-0.4, -0.2) is 37.2 Å². The summed E-state index contributed by atoms with van der Waals surface area (Å²) in [5.74, 6) is -0.0646. The number of benzene rings is 1. The monoisotopic (exact) mass is 347 g/mol. The maximum absolute atomic E-state index is 12.8. The number of hydrogen-bond donors (Lipinski definition) is 1. The number of H-pyrrole nitrogens is 1. The Morgan fingerprint density at radius 2 is 2.12 bits per heavy atom. The number of aromatic amines is 1. The first-order valence-corrected chi connectivity index (χ1v) is 9.33. The summed E-state index contributed by atoms with van der Waals surface area (Å²) < 4.78 is 27.0. The first-order chi connectivity index (χ1) is 11.4. The first kappa shape index (κ1) is 16.7. The van der Waals surface area contributed by atoms with Crippen LogP contribution in [0.1, 0.15) is 24.6 Å². The summed E-state index contributed by atoms with van der Waals surface area (Å²) in [6.45, 7) is 2.40. The number of aromatic nitrogens is 1. The van der Waals surface area contributed by atoms with Gasteiger partial charge in [0.15, 0.2) is 0 Å². The van der Waals surface area contributed by atoms with Gasteiger partial charge >= 0.3 is 0 Å². The summed E-state index contributed by atoms with van der Waals surface area (Å²) in [6.07, 6.45) is 3.52. The van der Waals surface area contributed by atoms with Crippen molar-refractivity contribution >= 4 is 21.6 Å². The molecule has 3 rings (SSSR count). The molecule has 6 nitrogen and oxygen atoms in total. The van der Waals surface area contributed by atoms with E-state index < -0.39 is 10.0 Å². The van der Waals surface area contributed by atoms with Crippen LogP contribution in [-0.2, 0) is 27.8 Å². The molecule has 0 bridgehead atoms. The Morgan fingerprint density at radius 3 is 2.79 bits per heavy atom. The molecule has 0 spiro atoms. The zero-order valence-corrected chi connectivity index (χ0v) is 14.6. The Labute approximate surface area is 142 Å². The second-order valence-electron chi connectivity index (χ2n) is 6.02. The molecule has 24 heavy (non-hydrogen) atoms. The van der Waals surface area contributed by atoms with E-state index in [0.717, 1.165) is 24.1 Å². The van der Waals surface area contributed by atoms with E-state index in [9.17, 15) is 13.2 Å². The predicted octanol–water partition coefficient (Wildman–Crippen LogP) is 2.13. The van der Waals surface area contributed by atoms with Crippen LogP contribution >= 0.6 is 0 Å². The van der Waals surface area contributed by atoms with E-state index in [1.54, 1.807) is 30.3 Å². The van der Waals surface area contributed by atoms with Gasteiger partial charge in [0.1, 0.15) is 0 Å². The topological polar surface area (TPSA) is 73.5 Å². The van der Waals surface area contributed by atoms with Crippen molar-refractivity contribution in [3.05, 3.63) is 47.8 Å². The van der Waals surface area contributed by atoms with Gasteiger partial charge in [0.25, 0.3) is 0 Å². The fourth-order valence-corrected chi connectivity index (χ4v) is 4.18. The van der Waals surface area contributed by atoms with Crippen molar-refractivity contribution in [1.29, 1.82) is 0 Å². The van der Waals surface area contributed by atoms with Gasteiger partial charge in [-0.05, 0) is 42.7 Å². The van der Waals surface area contributed by atoms with E-state index >= 15 is 0 Å². The van der Waals surface area contributed by atoms with Crippen molar-refractivity contribution in [2.75, 3.05) is 18.5 Å². The third kappa shape index (κ3) is 3.09. The third-order valence-corrected chi connectivity index (χ3v) is 6.12. The zero-order valence-electron chi connectivity index (χ0n) is 13.8. The SMILES string of the molecule is CC(=O)N1CCCc2ccc(S(=O)(=O)N(C)Cc3ccc[nH]3)cc21. The molecular weight excluding hydrogens is 326 g/mol. The normalized spacial score (nSPS) is 14.7. The molecule has 0 saturated carbocycles. The lowest BCUT2D eigenvalue weighted by atomic mass is 10.0. The summed E-state index contributed by atoms with van der Waals surface area (Å²) in [4.78, 5) is 16.7. The summed E-state index contributed by atoms with van der Waals surface area (Å²) in [6, 6.07) is 8.75. The Morgan fingerprint density at radius 1 is 1.33 bits per heavy atom. The number of fused-ring (bicyclic) bond motifs is 1. The number of hydrogen-bond acceptors (Lipinski definition) is 3. The highest BCUT2D eigenvalue weighted by Gasteiger charge is 2.26. The molecule has 0 aliphatic carbocycles. The highest BCUT2D eigenvalue weighted by Crippen LogP contribution is 2.30. The quantitative estimate of drug-likeness (QED) is 0.921. The van der Waals surface area contributed by atoms with Crippen molar-refractivity contribution in [1.82, 2.24) is 9.29 Å². The van der Waals surface area contributed by atoms with Gasteiger partial charge in [0.2, 0.25) is 15.9 Å². The average molecular weight is 347 g/mol. The van der Waals surface area contributed by atoms with E-state index in [1.807, 2.05) is 18.2 Å². The minimum absolute atomic E-state index is 0.0646. The van der Waals surface area contributed by atoms with Gasteiger partial charge in [-0.15, -0.1) is 0 Å². The molecule has 0 atom stereocenters. The maximum atomic E-state index is 12.8. The number of nitrogens with one attached hydrogen (secondary N) is 1. The van der Waals surface area contributed by atoms with Gasteiger partial charge in [0, 0.05) is 38.1 Å². The fraction of sp³-hybridized carbons (Fsp3) is 0.353. The van der Waals surface area contributed by atoms with Gasteiger partial charge in [-0.1, -0.05) is 6.07 Å². The van der Waals surface area contributed by atoms with E-state index in [2.05, 4.69) is 4.98 Å². The van der Waals surface area contributed by atoms with Crippen molar-refractivity contribution in [2.45, 2.75) is 31.2 Å². The Balaban J connectivity index is 1.94. The number of anilines is 1. The number of sulfonamides is 1. The second-order valence-corrected chi connectivity index (χ2v) is 8.07. The number of carbonyl (C=O) groups is 1. The van der Waals surface area contributed by atoms with Crippen LogP contribution in [0.5, 0.6) is 0 Å². The minimum atomic E-state index is -3.62. The Kier molecular flexibility index (Phi) is 4.47. The second kappa shape index (κ2) is 6.41. The zero-order chi connectivity index (χ0) is 17.3. The molecule has 128 valence electrons. The molecule has 2 heterocycles. The molecule has 1 aliphatic heterocycles. The molecule has 0 saturated heterocycles. The summed E-state index contributed by atoms with van der Waals surface area (Å²) >= 11 is 0. The van der Waals surface area contributed by atoms with Crippen molar-refractivity contribution in [3.8, 4) is 0 Å². The van der Waals surface area contributed by atoms with Gasteiger partial charge in [0.05, 0.1) is 11.4 Å². The van der Waals surface area contributed by atoms with Gasteiger partial charge in [-0.2, -0.15) is 4.31 Å². The average Bonchev–Trinajstić information content (AvgIpc) is 3.06. The van der Waals surface area contributed by atoms with E-state index in [4.69, 9.17) is 0 Å². The number of aryl methyl sites for hydroxylation is 1. The van der Waals surface area contributed by atoms with Crippen molar-refractivity contribution < 1.29 is 13.2 Å². The molecule has 1 amide bonds. The van der Waals surface area contributed by atoms with Gasteiger partial charge in [-0.25, -0.2) is 8.42 Å². The van der Waals surface area contributed by atoms with Crippen LogP contribution in [0.3, 0.4) is 0 Å². The highest BCUT2D eigenvalue weighted by atomic mass is 32.2. The lowest BCUT2D eigenvalue weighted by molar-refractivity contribution is -0.116. The third-order valence-electron chi connectivity index (χ3n) is 4.32. The molecule has 7 heteroatoms. The molecule has 1 aromatic carbocycles. The standard InChI is InChI=1S/C17H21N3O3S/c1-13(21)20-10-4-5-14-7-8-16(11-17(14)20)24(22,23)19(2)12-15-6-3-9-18-15/h3,6-9,11,18H,4-5,10,12H2,1-2H3. The van der Waals surface area contributed by atoms with Crippen LogP contribution < -0.4 is 4.90 Å². The molecule has 0 unspecified atom stereocenters. The van der Waals surface area contributed by atoms with Crippen LogP contribution in [0.15, 0.2) is 41.4 Å². The number of rotatable bonds is 4. The molecule has 0 fully saturated rings. The molecule has 2 aromatic rings. The summed E-state index contributed by atoms with van der Waals surface area (Å²) in [5, 5.41) is 0. The van der Waals surface area contributed by atoms with E-state index in [-0.39, 0.29) is 17.3 Å². The molecule has 1 N–H and O–H groups in total. The Hall–Kier alpha value is -2.12. The van der Waals surface area contributed by atoms with E-state index in [1.165, 1.54) is 11.2 Å². The number of nitrogens with zero attached hydrogens (tertiary/aromatic N) is 2. The lowest BCUT2D eigenvalue weighted by Gasteiger charge is -2.29. The lowest BCUT2D eigenvalue weighted by Crippen LogP contribution is -2.34. The molecular formula is C17H21N3O3S. The smallest absolute Gasteiger partial charge is 0.243 e. The number of amides is 1. The number of carbonyl (C=O) groups excluding carboxylic acids is 1. The van der Waals surface area contributed by atoms with Crippen molar-refractivity contribution in [2.24, 2.45) is 0 Å². The van der Waals surface area contributed by atoms with Crippen LogP contribution in [0.25, 0.3) is 0 Å². The predicted molar refractivity (Wildman–Crippen MR) is 92.2 cm³/mol. The summed E-state index contributed by atoms with van der Waals surface area (Å²) in [7, 11) is -2.07. The first-order valence-electron chi connectivity index (χ1n) is 7.89. The molecule has 0 radical (unpaired) electrons. The minimum Gasteiger partial charge on any atom is -0.364 e. The van der Waals surface area contributed by atoms with Crippen LogP contribution in [0, 0.1) is 0 Å². The fourth-order valence-electron chi connectivity index (χ4n) is 3.01. The van der Waals surface area contributed by atoms with E-state index in [0.29, 0.717) is 12.2 Å². The van der Waals surface area contributed by atoms with Crippen LogP contribution in [0.4, 0.5) is 5.69 Å². The van der Waals surface area contributed by atoms with Crippen LogP contribution in [0.2, 0.25) is 0 Å². The summed E-state index contributed by atoms with van der Waals surface area (Å²) in [5.41, 5.74) is 2.55. The van der Waals surface area contributed by atoms with Gasteiger partial charge < -0.3 is 9.88 Å². The molecule has 1 aliphatic rings.